The van der Waals surface area contributed by atoms with Crippen LogP contribution in [0.15, 0.2) is 66.7 Å². The van der Waals surface area contributed by atoms with Crippen molar-refractivity contribution in [3.63, 3.8) is 0 Å². The third kappa shape index (κ3) is 6.11. The largest absolute Gasteiger partial charge is 0.495 e. The molecule has 0 spiro atoms. The maximum absolute atomic E-state index is 13.9. The molecule has 0 aromatic heterocycles. The molecule has 0 fully saturated rings. The summed E-state index contributed by atoms with van der Waals surface area (Å²) in [6, 6.07) is 18.0. The summed E-state index contributed by atoms with van der Waals surface area (Å²) < 4.78 is 24.1. The number of likely N-dealkylation sites (N-methyl/N-ethyl adjacent to an activating group) is 1. The molecule has 0 heterocycles. The molecular formula is C26H28FN3O4. The van der Waals surface area contributed by atoms with Crippen LogP contribution in [0, 0.1) is 5.82 Å². The molecule has 2 N–H and O–H groups in total. The van der Waals surface area contributed by atoms with Crippen molar-refractivity contribution in [2.24, 2.45) is 0 Å². The zero-order valence-corrected chi connectivity index (χ0v) is 19.6. The standard InChI is InChI=1S/C26H28FN3O4/c1-17(30(2)16-18-9-14-23(33-3)21(27)15-18)25(31)28-20-12-10-19(11-13-20)26(32)29-22-7-5-6-8-24(22)34-4/h5-15,17H,16H2,1-4H3,(H,28,31)(H,29,32)/t17-/m0/s1. The average molecular weight is 466 g/mol. The number of nitrogens with one attached hydrogen (secondary N) is 2. The van der Waals surface area contributed by atoms with Gasteiger partial charge in [-0.1, -0.05) is 18.2 Å². The van der Waals surface area contributed by atoms with Crippen LogP contribution in [0.2, 0.25) is 0 Å². The number of halogens is 1. The number of para-hydroxylation sites is 2. The lowest BCUT2D eigenvalue weighted by atomic mass is 10.1. The van der Waals surface area contributed by atoms with E-state index in [2.05, 4.69) is 10.6 Å². The number of hydrogen-bond acceptors (Lipinski definition) is 5. The molecule has 0 saturated carbocycles. The first-order valence-corrected chi connectivity index (χ1v) is 10.7. The van der Waals surface area contributed by atoms with E-state index in [1.54, 1.807) is 68.6 Å². The minimum absolute atomic E-state index is 0.178. The number of hydrogen-bond donors (Lipinski definition) is 2. The van der Waals surface area contributed by atoms with Crippen molar-refractivity contribution in [1.82, 2.24) is 4.90 Å². The third-order valence-corrected chi connectivity index (χ3v) is 5.46. The molecule has 7 nitrogen and oxygen atoms in total. The lowest BCUT2D eigenvalue weighted by molar-refractivity contribution is -0.120. The Morgan fingerprint density at radius 2 is 1.62 bits per heavy atom. The van der Waals surface area contributed by atoms with Crippen LogP contribution in [-0.4, -0.2) is 44.0 Å². The first-order valence-electron chi connectivity index (χ1n) is 10.7. The van der Waals surface area contributed by atoms with Gasteiger partial charge in [0.1, 0.15) is 5.75 Å². The van der Waals surface area contributed by atoms with E-state index in [1.807, 2.05) is 11.0 Å². The second-order valence-electron chi connectivity index (χ2n) is 7.78. The van der Waals surface area contributed by atoms with Gasteiger partial charge in [0.15, 0.2) is 11.6 Å². The molecule has 0 saturated heterocycles. The van der Waals surface area contributed by atoms with Crippen LogP contribution in [0.25, 0.3) is 0 Å². The molecular weight excluding hydrogens is 437 g/mol. The summed E-state index contributed by atoms with van der Waals surface area (Å²) in [4.78, 5) is 27.1. The van der Waals surface area contributed by atoms with Gasteiger partial charge in [-0.25, -0.2) is 4.39 Å². The first kappa shape index (κ1) is 24.7. The Balaban J connectivity index is 1.58. The summed E-state index contributed by atoms with van der Waals surface area (Å²) in [6.45, 7) is 2.15. The zero-order valence-electron chi connectivity index (χ0n) is 19.6. The Labute approximate surface area is 198 Å². The number of ether oxygens (including phenoxy) is 2. The molecule has 0 bridgehead atoms. The van der Waals surface area contributed by atoms with Crippen molar-refractivity contribution in [2.45, 2.75) is 19.5 Å². The summed E-state index contributed by atoms with van der Waals surface area (Å²) >= 11 is 0. The van der Waals surface area contributed by atoms with Crippen molar-refractivity contribution in [1.29, 1.82) is 0 Å². The van der Waals surface area contributed by atoms with E-state index in [1.165, 1.54) is 20.3 Å². The van der Waals surface area contributed by atoms with Crippen LogP contribution in [-0.2, 0) is 11.3 Å². The zero-order chi connectivity index (χ0) is 24.7. The van der Waals surface area contributed by atoms with Crippen LogP contribution < -0.4 is 20.1 Å². The Kier molecular flexibility index (Phi) is 8.21. The Hall–Kier alpha value is -3.91. The molecule has 34 heavy (non-hydrogen) atoms. The number of anilines is 2. The normalized spacial score (nSPS) is 11.6. The van der Waals surface area contributed by atoms with Gasteiger partial charge in [-0.05, 0) is 68.1 Å². The lowest BCUT2D eigenvalue weighted by Crippen LogP contribution is -2.39. The fourth-order valence-electron chi connectivity index (χ4n) is 3.33. The lowest BCUT2D eigenvalue weighted by Gasteiger charge is -2.24. The fourth-order valence-corrected chi connectivity index (χ4v) is 3.33. The maximum Gasteiger partial charge on any atom is 0.255 e. The van der Waals surface area contributed by atoms with E-state index in [0.29, 0.717) is 29.2 Å². The number of amides is 2. The number of nitrogens with zero attached hydrogens (tertiary/aromatic N) is 1. The highest BCUT2D eigenvalue weighted by Gasteiger charge is 2.19. The van der Waals surface area contributed by atoms with Gasteiger partial charge in [-0.15, -0.1) is 0 Å². The fraction of sp³-hybridized carbons (Fsp3) is 0.231. The highest BCUT2D eigenvalue weighted by molar-refractivity contribution is 6.05. The number of methoxy groups -OCH3 is 2. The van der Waals surface area contributed by atoms with Crippen LogP contribution in [0.4, 0.5) is 15.8 Å². The van der Waals surface area contributed by atoms with Gasteiger partial charge in [0.25, 0.3) is 5.91 Å². The van der Waals surface area contributed by atoms with E-state index in [0.717, 1.165) is 5.56 Å². The van der Waals surface area contributed by atoms with Crippen LogP contribution in [0.3, 0.4) is 0 Å². The van der Waals surface area contributed by atoms with E-state index in [4.69, 9.17) is 9.47 Å². The number of rotatable bonds is 9. The van der Waals surface area contributed by atoms with Crippen molar-refractivity contribution in [3.8, 4) is 11.5 Å². The minimum atomic E-state index is -0.473. The molecule has 0 aliphatic carbocycles. The molecule has 0 aliphatic heterocycles. The predicted octanol–water partition coefficient (Wildman–Crippen LogP) is 4.55. The van der Waals surface area contributed by atoms with Gasteiger partial charge in [0.05, 0.1) is 25.9 Å². The molecule has 2 amide bonds. The monoisotopic (exact) mass is 465 g/mol. The van der Waals surface area contributed by atoms with Gasteiger partial charge in [0, 0.05) is 17.8 Å². The molecule has 3 rings (SSSR count). The van der Waals surface area contributed by atoms with Gasteiger partial charge < -0.3 is 20.1 Å². The Bertz CT molecular complexity index is 1150. The molecule has 178 valence electrons. The van der Waals surface area contributed by atoms with Crippen molar-refractivity contribution < 1.29 is 23.5 Å². The Morgan fingerprint density at radius 3 is 2.26 bits per heavy atom. The Morgan fingerprint density at radius 1 is 0.941 bits per heavy atom. The van der Waals surface area contributed by atoms with Crippen molar-refractivity contribution in [3.05, 3.63) is 83.7 Å². The topological polar surface area (TPSA) is 79.9 Å². The molecule has 8 heteroatoms. The van der Waals surface area contributed by atoms with E-state index >= 15 is 0 Å². The van der Waals surface area contributed by atoms with Gasteiger partial charge in [0.2, 0.25) is 5.91 Å². The summed E-state index contributed by atoms with van der Waals surface area (Å²) in [6.07, 6.45) is 0. The highest BCUT2D eigenvalue weighted by atomic mass is 19.1. The van der Waals surface area contributed by atoms with Gasteiger partial charge in [-0.3, -0.25) is 14.5 Å². The molecule has 3 aromatic rings. The third-order valence-electron chi connectivity index (χ3n) is 5.46. The number of benzene rings is 3. The highest BCUT2D eigenvalue weighted by Crippen LogP contribution is 2.24. The summed E-state index contributed by atoms with van der Waals surface area (Å²) in [5.74, 6) is -0.210. The van der Waals surface area contributed by atoms with Gasteiger partial charge in [-0.2, -0.15) is 0 Å². The van der Waals surface area contributed by atoms with Crippen LogP contribution >= 0.6 is 0 Å². The summed E-state index contributed by atoms with van der Waals surface area (Å²) in [7, 11) is 4.74. The second kappa shape index (κ2) is 11.3. The van der Waals surface area contributed by atoms with Crippen molar-refractivity contribution in [2.75, 3.05) is 31.9 Å². The quantitative estimate of drug-likeness (QED) is 0.485. The number of carbonyl (C=O) groups excluding carboxylic acids is 2. The molecule has 0 aliphatic rings. The number of carbonyl (C=O) groups is 2. The predicted molar refractivity (Wildman–Crippen MR) is 130 cm³/mol. The van der Waals surface area contributed by atoms with E-state index < -0.39 is 11.9 Å². The van der Waals surface area contributed by atoms with Gasteiger partial charge >= 0.3 is 0 Å². The van der Waals surface area contributed by atoms with E-state index in [-0.39, 0.29) is 17.6 Å². The maximum atomic E-state index is 13.9. The molecule has 3 aromatic carbocycles. The molecule has 0 unspecified atom stereocenters. The average Bonchev–Trinajstić information content (AvgIpc) is 2.84. The first-order chi connectivity index (χ1) is 16.3. The second-order valence-corrected chi connectivity index (χ2v) is 7.78. The minimum Gasteiger partial charge on any atom is -0.495 e. The van der Waals surface area contributed by atoms with Crippen molar-refractivity contribution >= 4 is 23.2 Å². The van der Waals surface area contributed by atoms with Crippen LogP contribution in [0.1, 0.15) is 22.8 Å². The summed E-state index contributed by atoms with van der Waals surface area (Å²) in [5.41, 5.74) is 2.30. The van der Waals surface area contributed by atoms with Crippen LogP contribution in [0.5, 0.6) is 11.5 Å². The smallest absolute Gasteiger partial charge is 0.255 e. The van der Waals surface area contributed by atoms with E-state index in [9.17, 15) is 14.0 Å². The molecule has 0 radical (unpaired) electrons. The molecule has 1 atom stereocenters. The summed E-state index contributed by atoms with van der Waals surface area (Å²) in [5, 5.41) is 5.66. The SMILES string of the molecule is COc1ccc(CN(C)[C@@H](C)C(=O)Nc2ccc(C(=O)Nc3ccccc3OC)cc2)cc1F.